The van der Waals surface area contributed by atoms with Gasteiger partial charge < -0.3 is 15.3 Å². The number of carbonyl (C=O) groups excluding carboxylic acids is 1. The van der Waals surface area contributed by atoms with Crippen molar-refractivity contribution in [1.82, 2.24) is 30.5 Å². The van der Waals surface area contributed by atoms with Crippen LogP contribution in [0.5, 0.6) is 0 Å². The lowest BCUT2D eigenvalue weighted by Crippen LogP contribution is -2.39. The molecule has 0 spiro atoms. The lowest BCUT2D eigenvalue weighted by molar-refractivity contribution is -0.118. The zero-order chi connectivity index (χ0) is 17.6. The number of anilines is 1. The summed E-state index contributed by atoms with van der Waals surface area (Å²) in [6.07, 6.45) is 3.17. The number of thioether (sulfide) groups is 1. The zero-order valence-corrected chi connectivity index (χ0v) is 14.8. The summed E-state index contributed by atoms with van der Waals surface area (Å²) in [6, 6.07) is 3.80. The molecule has 2 N–H and O–H groups in total. The summed E-state index contributed by atoms with van der Waals surface area (Å²) >= 11 is 1.29. The third kappa shape index (κ3) is 4.67. The van der Waals surface area contributed by atoms with Gasteiger partial charge in [-0.2, -0.15) is 0 Å². The summed E-state index contributed by atoms with van der Waals surface area (Å²) in [7, 11) is 1.73. The van der Waals surface area contributed by atoms with Crippen molar-refractivity contribution in [1.29, 1.82) is 0 Å². The number of nitrogens with zero attached hydrogens (tertiary/aromatic N) is 6. The van der Waals surface area contributed by atoms with Crippen molar-refractivity contribution in [2.75, 3.05) is 23.7 Å². The number of tetrazole rings is 1. The molecule has 1 unspecified atom stereocenters. The van der Waals surface area contributed by atoms with Crippen molar-refractivity contribution in [2.24, 2.45) is 7.05 Å². The van der Waals surface area contributed by atoms with Gasteiger partial charge in [0.1, 0.15) is 5.82 Å². The molecule has 1 saturated heterocycles. The second-order valence-electron chi connectivity index (χ2n) is 5.88. The van der Waals surface area contributed by atoms with Crippen LogP contribution in [0.3, 0.4) is 0 Å². The Bertz CT molecular complexity index is 723. The van der Waals surface area contributed by atoms with Crippen LogP contribution in [0.25, 0.3) is 0 Å². The average Bonchev–Trinajstić information content (AvgIpc) is 3.03. The summed E-state index contributed by atoms with van der Waals surface area (Å²) < 4.78 is 1.53. The van der Waals surface area contributed by atoms with Crippen molar-refractivity contribution < 1.29 is 9.90 Å². The van der Waals surface area contributed by atoms with Gasteiger partial charge in [-0.05, 0) is 29.3 Å². The molecule has 10 heteroatoms. The van der Waals surface area contributed by atoms with Crippen molar-refractivity contribution in [3.8, 4) is 0 Å². The van der Waals surface area contributed by atoms with E-state index in [0.717, 1.165) is 30.8 Å². The second-order valence-corrected chi connectivity index (χ2v) is 6.82. The van der Waals surface area contributed by atoms with Crippen molar-refractivity contribution in [3.63, 3.8) is 0 Å². The van der Waals surface area contributed by atoms with Crippen LogP contribution in [-0.4, -0.2) is 61.2 Å². The highest BCUT2D eigenvalue weighted by atomic mass is 32.2. The third-order valence-electron chi connectivity index (χ3n) is 3.95. The monoisotopic (exact) mass is 363 g/mol. The Hall–Kier alpha value is -2.20. The Balaban J connectivity index is 1.56. The number of amides is 1. The number of hydrogen-bond acceptors (Lipinski definition) is 8. The second kappa shape index (κ2) is 8.26. The van der Waals surface area contributed by atoms with Crippen LogP contribution in [0.1, 0.15) is 18.4 Å². The van der Waals surface area contributed by atoms with E-state index in [9.17, 15) is 9.90 Å². The first-order chi connectivity index (χ1) is 12.1. The van der Waals surface area contributed by atoms with E-state index in [2.05, 4.69) is 30.7 Å². The fourth-order valence-electron chi connectivity index (χ4n) is 2.72. The topological polar surface area (TPSA) is 109 Å². The van der Waals surface area contributed by atoms with Crippen LogP contribution < -0.4 is 10.2 Å². The minimum absolute atomic E-state index is 0.0959. The van der Waals surface area contributed by atoms with Gasteiger partial charge in [0.05, 0.1) is 11.9 Å². The molecular formula is C15H21N7O2S. The van der Waals surface area contributed by atoms with Crippen LogP contribution in [0, 0.1) is 0 Å². The molecule has 2 aromatic rings. The molecule has 9 nitrogen and oxygen atoms in total. The number of carbonyl (C=O) groups is 1. The SMILES string of the molecule is Cn1nnnc1SCC(=O)NCc1cccnc1N1CCCC(O)C1. The highest BCUT2D eigenvalue weighted by Gasteiger charge is 2.21. The first kappa shape index (κ1) is 17.6. The van der Waals surface area contributed by atoms with Crippen molar-refractivity contribution in [3.05, 3.63) is 23.9 Å². The lowest BCUT2D eigenvalue weighted by atomic mass is 10.1. The highest BCUT2D eigenvalue weighted by molar-refractivity contribution is 7.99. The molecule has 0 aliphatic carbocycles. The number of nitrogens with one attached hydrogen (secondary N) is 1. The summed E-state index contributed by atoms with van der Waals surface area (Å²) in [4.78, 5) is 18.6. The molecule has 0 radical (unpaired) electrons. The Morgan fingerprint density at radius 1 is 1.52 bits per heavy atom. The number of rotatable bonds is 6. The standard InChI is InChI=1S/C15H21N7O2S/c1-21-15(18-19-20-21)25-10-13(24)17-8-11-4-2-6-16-14(11)22-7-3-5-12(23)9-22/h2,4,6,12,23H,3,5,7-10H2,1H3,(H,17,24). The fourth-order valence-corrected chi connectivity index (χ4v) is 3.40. The van der Waals surface area contributed by atoms with Crippen LogP contribution in [-0.2, 0) is 18.4 Å². The quantitative estimate of drug-likeness (QED) is 0.689. The Morgan fingerprint density at radius 3 is 3.16 bits per heavy atom. The molecule has 0 aromatic carbocycles. The average molecular weight is 363 g/mol. The number of aliphatic hydroxyl groups excluding tert-OH is 1. The number of hydrogen-bond donors (Lipinski definition) is 2. The van der Waals surface area contributed by atoms with E-state index in [1.165, 1.54) is 16.4 Å². The van der Waals surface area contributed by atoms with Gasteiger partial charge in [0.25, 0.3) is 0 Å². The molecule has 134 valence electrons. The van der Waals surface area contributed by atoms with Gasteiger partial charge in [-0.3, -0.25) is 4.79 Å². The highest BCUT2D eigenvalue weighted by Crippen LogP contribution is 2.22. The Kier molecular flexibility index (Phi) is 5.82. The summed E-state index contributed by atoms with van der Waals surface area (Å²) in [5.74, 6) is 0.972. The van der Waals surface area contributed by atoms with Crippen LogP contribution in [0.4, 0.5) is 5.82 Å². The summed E-state index contributed by atoms with van der Waals surface area (Å²) in [6.45, 7) is 1.84. The minimum Gasteiger partial charge on any atom is -0.391 e. The van der Waals surface area contributed by atoms with Gasteiger partial charge in [0.2, 0.25) is 11.1 Å². The Labute approximate surface area is 149 Å². The lowest BCUT2D eigenvalue weighted by Gasteiger charge is -2.32. The van der Waals surface area contributed by atoms with E-state index in [1.54, 1.807) is 13.2 Å². The molecule has 0 bridgehead atoms. The normalized spacial score (nSPS) is 17.5. The molecule has 3 rings (SSSR count). The predicted molar refractivity (Wildman–Crippen MR) is 93.1 cm³/mol. The van der Waals surface area contributed by atoms with Gasteiger partial charge in [-0.1, -0.05) is 17.8 Å². The molecule has 1 fully saturated rings. The zero-order valence-electron chi connectivity index (χ0n) is 14.0. The van der Waals surface area contributed by atoms with E-state index < -0.39 is 0 Å². The molecule has 1 aliphatic heterocycles. The Morgan fingerprint density at radius 2 is 2.40 bits per heavy atom. The first-order valence-electron chi connectivity index (χ1n) is 8.12. The number of aliphatic hydroxyl groups is 1. The number of piperidine rings is 1. The molecule has 0 saturated carbocycles. The van der Waals surface area contributed by atoms with Gasteiger partial charge in [-0.25, -0.2) is 9.67 Å². The van der Waals surface area contributed by atoms with Crippen LogP contribution in [0.2, 0.25) is 0 Å². The van der Waals surface area contributed by atoms with E-state index in [0.29, 0.717) is 18.2 Å². The summed E-state index contributed by atoms with van der Waals surface area (Å²) in [5.41, 5.74) is 0.940. The summed E-state index contributed by atoms with van der Waals surface area (Å²) in [5, 5.41) is 24.5. The molecule has 1 aliphatic rings. The van der Waals surface area contributed by atoms with Gasteiger partial charge in [0, 0.05) is 38.4 Å². The third-order valence-corrected chi connectivity index (χ3v) is 4.96. The largest absolute Gasteiger partial charge is 0.391 e. The van der Waals surface area contributed by atoms with E-state index >= 15 is 0 Å². The van der Waals surface area contributed by atoms with Gasteiger partial charge in [0.15, 0.2) is 0 Å². The number of β-amino-alcohol motifs (C(OH)–C–C–N with tert-alkyl or cyclic N) is 1. The number of aryl methyl sites for hydroxylation is 1. The first-order valence-corrected chi connectivity index (χ1v) is 9.11. The molecule has 1 amide bonds. The van der Waals surface area contributed by atoms with E-state index in [1.807, 2.05) is 12.1 Å². The smallest absolute Gasteiger partial charge is 0.230 e. The number of pyridine rings is 1. The maximum Gasteiger partial charge on any atom is 0.230 e. The molecule has 2 aromatic heterocycles. The van der Waals surface area contributed by atoms with Gasteiger partial charge >= 0.3 is 0 Å². The maximum absolute atomic E-state index is 12.1. The van der Waals surface area contributed by atoms with Crippen LogP contribution in [0.15, 0.2) is 23.5 Å². The molecule has 25 heavy (non-hydrogen) atoms. The minimum atomic E-state index is -0.324. The van der Waals surface area contributed by atoms with Crippen LogP contribution >= 0.6 is 11.8 Å². The number of aromatic nitrogens is 5. The fraction of sp³-hybridized carbons (Fsp3) is 0.533. The molecular weight excluding hydrogens is 342 g/mol. The molecule has 3 heterocycles. The van der Waals surface area contributed by atoms with E-state index in [-0.39, 0.29) is 17.8 Å². The molecule has 1 atom stereocenters. The van der Waals surface area contributed by atoms with Crippen molar-refractivity contribution in [2.45, 2.75) is 30.6 Å². The van der Waals surface area contributed by atoms with Crippen molar-refractivity contribution >= 4 is 23.5 Å². The van der Waals surface area contributed by atoms with Gasteiger partial charge in [-0.15, -0.1) is 5.10 Å². The predicted octanol–water partition coefficient (Wildman–Crippen LogP) is -0.0253. The maximum atomic E-state index is 12.1. The van der Waals surface area contributed by atoms with E-state index in [4.69, 9.17) is 0 Å².